The van der Waals surface area contributed by atoms with Crippen molar-refractivity contribution in [1.29, 1.82) is 0 Å². The maximum absolute atomic E-state index is 12.4. The zero-order chi connectivity index (χ0) is 14.9. The Morgan fingerprint density at radius 1 is 1.50 bits per heavy atom. The van der Waals surface area contributed by atoms with Gasteiger partial charge in [-0.05, 0) is 34.1 Å². The lowest BCUT2D eigenvalue weighted by molar-refractivity contribution is -0.128. The van der Waals surface area contributed by atoms with Gasteiger partial charge in [0.25, 0.3) is 0 Å². The minimum Gasteiger partial charge on any atom is -0.350 e. The van der Waals surface area contributed by atoms with Crippen molar-refractivity contribution >= 4 is 5.91 Å². The summed E-state index contributed by atoms with van der Waals surface area (Å²) in [6, 6.07) is -0.0586. The minimum absolute atomic E-state index is 0.0586. The highest BCUT2D eigenvalue weighted by Crippen LogP contribution is 2.22. The largest absolute Gasteiger partial charge is 0.350 e. The number of amides is 1. The van der Waals surface area contributed by atoms with Gasteiger partial charge in [-0.15, -0.1) is 0 Å². The van der Waals surface area contributed by atoms with E-state index in [0.29, 0.717) is 0 Å². The first-order chi connectivity index (χ1) is 9.31. The second-order valence-electron chi connectivity index (χ2n) is 6.66. The van der Waals surface area contributed by atoms with Gasteiger partial charge in [-0.2, -0.15) is 5.10 Å². The van der Waals surface area contributed by atoms with Gasteiger partial charge in [-0.25, -0.2) is 0 Å². The molecule has 1 aromatic rings. The molecule has 5 heteroatoms. The van der Waals surface area contributed by atoms with Crippen molar-refractivity contribution in [2.24, 2.45) is 0 Å². The highest BCUT2D eigenvalue weighted by atomic mass is 16.2. The first-order valence-electron chi connectivity index (χ1n) is 7.40. The van der Waals surface area contributed by atoms with Crippen molar-refractivity contribution < 1.29 is 4.79 Å². The van der Waals surface area contributed by atoms with E-state index in [4.69, 9.17) is 0 Å². The number of aromatic amines is 1. The lowest BCUT2D eigenvalue weighted by Gasteiger charge is -2.34. The summed E-state index contributed by atoms with van der Waals surface area (Å²) in [4.78, 5) is 14.7. The van der Waals surface area contributed by atoms with E-state index in [1.165, 1.54) is 5.56 Å². The Morgan fingerprint density at radius 3 is 2.80 bits per heavy atom. The van der Waals surface area contributed by atoms with E-state index in [1.807, 2.05) is 27.7 Å². The van der Waals surface area contributed by atoms with Crippen LogP contribution in [0.2, 0.25) is 0 Å². The Kier molecular flexibility index (Phi) is 4.18. The van der Waals surface area contributed by atoms with Gasteiger partial charge in [-0.1, -0.05) is 6.92 Å². The SMILES string of the molecule is CC[C@@H](C(=O)NC(C)(C)C)N1CCc2n[nH]c(C)c2C1. The van der Waals surface area contributed by atoms with Crippen LogP contribution in [0.1, 0.15) is 51.1 Å². The summed E-state index contributed by atoms with van der Waals surface area (Å²) in [6.45, 7) is 11.9. The van der Waals surface area contributed by atoms with Crippen LogP contribution >= 0.6 is 0 Å². The molecule has 0 radical (unpaired) electrons. The van der Waals surface area contributed by atoms with E-state index in [-0.39, 0.29) is 17.5 Å². The van der Waals surface area contributed by atoms with Gasteiger partial charge in [0.05, 0.1) is 11.7 Å². The number of nitrogens with zero attached hydrogens (tertiary/aromatic N) is 2. The van der Waals surface area contributed by atoms with Crippen molar-refractivity contribution in [2.75, 3.05) is 6.54 Å². The average molecular weight is 278 g/mol. The molecule has 112 valence electrons. The van der Waals surface area contributed by atoms with Gasteiger partial charge < -0.3 is 5.32 Å². The fourth-order valence-corrected chi connectivity index (χ4v) is 2.78. The molecule has 0 bridgehead atoms. The number of rotatable bonds is 3. The normalized spacial score (nSPS) is 17.6. The van der Waals surface area contributed by atoms with E-state index in [1.54, 1.807) is 0 Å². The molecule has 0 unspecified atom stereocenters. The fourth-order valence-electron chi connectivity index (χ4n) is 2.78. The standard InChI is InChI=1S/C15H26N4O/c1-6-13(14(20)16-15(3,4)5)19-8-7-12-11(9-19)10(2)17-18-12/h13H,6-9H2,1-5H3,(H,16,20)(H,17,18)/t13-/m0/s1. The van der Waals surface area contributed by atoms with E-state index >= 15 is 0 Å². The van der Waals surface area contributed by atoms with Crippen LogP contribution in [0.3, 0.4) is 0 Å². The number of H-pyrrole nitrogens is 1. The first kappa shape index (κ1) is 15.0. The molecular formula is C15H26N4O. The highest BCUT2D eigenvalue weighted by Gasteiger charge is 2.30. The number of nitrogens with one attached hydrogen (secondary N) is 2. The van der Waals surface area contributed by atoms with E-state index in [9.17, 15) is 4.79 Å². The average Bonchev–Trinajstić information content (AvgIpc) is 2.70. The number of carbonyl (C=O) groups excluding carboxylic acids is 1. The zero-order valence-corrected chi connectivity index (χ0v) is 13.2. The van der Waals surface area contributed by atoms with Crippen LogP contribution < -0.4 is 5.32 Å². The molecule has 5 nitrogen and oxygen atoms in total. The summed E-state index contributed by atoms with van der Waals surface area (Å²) in [6.07, 6.45) is 1.74. The number of aryl methyl sites for hydroxylation is 1. The van der Waals surface area contributed by atoms with Gasteiger partial charge in [0.15, 0.2) is 0 Å². The van der Waals surface area contributed by atoms with Gasteiger partial charge >= 0.3 is 0 Å². The van der Waals surface area contributed by atoms with Crippen LogP contribution in [0.25, 0.3) is 0 Å². The third-order valence-electron chi connectivity index (χ3n) is 3.78. The van der Waals surface area contributed by atoms with Crippen LogP contribution in [-0.4, -0.2) is 39.1 Å². The second kappa shape index (κ2) is 5.56. The Hall–Kier alpha value is -1.36. The quantitative estimate of drug-likeness (QED) is 0.886. The number of carbonyl (C=O) groups is 1. The summed E-state index contributed by atoms with van der Waals surface area (Å²) in [7, 11) is 0. The minimum atomic E-state index is -0.184. The number of fused-ring (bicyclic) bond motifs is 1. The Labute approximate surface area is 121 Å². The smallest absolute Gasteiger partial charge is 0.237 e. The molecule has 0 saturated carbocycles. The van der Waals surface area contributed by atoms with Gasteiger partial charge in [-0.3, -0.25) is 14.8 Å². The molecule has 2 N–H and O–H groups in total. The van der Waals surface area contributed by atoms with E-state index < -0.39 is 0 Å². The Bertz CT molecular complexity index is 487. The Morgan fingerprint density at radius 2 is 2.20 bits per heavy atom. The molecule has 1 aromatic heterocycles. The fraction of sp³-hybridized carbons (Fsp3) is 0.733. The van der Waals surface area contributed by atoms with Gasteiger partial charge in [0.2, 0.25) is 5.91 Å². The van der Waals surface area contributed by atoms with Gasteiger partial charge in [0, 0.05) is 36.3 Å². The topological polar surface area (TPSA) is 61.0 Å². The van der Waals surface area contributed by atoms with Crippen LogP contribution in [0, 0.1) is 6.92 Å². The molecule has 1 amide bonds. The molecule has 2 heterocycles. The Balaban J connectivity index is 2.10. The number of aromatic nitrogens is 2. The number of hydrogen-bond acceptors (Lipinski definition) is 3. The lowest BCUT2D eigenvalue weighted by Crippen LogP contribution is -2.52. The molecule has 1 aliphatic heterocycles. The molecule has 1 atom stereocenters. The monoisotopic (exact) mass is 278 g/mol. The summed E-state index contributed by atoms with van der Waals surface area (Å²) >= 11 is 0. The molecule has 1 aliphatic rings. The summed E-state index contributed by atoms with van der Waals surface area (Å²) in [5.74, 6) is 0.129. The molecule has 0 aromatic carbocycles. The van der Waals surface area contributed by atoms with Gasteiger partial charge in [0.1, 0.15) is 0 Å². The predicted octanol–water partition coefficient (Wildman–Crippen LogP) is 1.77. The van der Waals surface area contributed by atoms with Crippen LogP contribution in [0.15, 0.2) is 0 Å². The maximum atomic E-state index is 12.4. The highest BCUT2D eigenvalue weighted by molar-refractivity contribution is 5.82. The van der Waals surface area contributed by atoms with E-state index in [2.05, 4.69) is 27.3 Å². The summed E-state index contributed by atoms with van der Waals surface area (Å²) in [5, 5.41) is 10.5. The van der Waals surface area contributed by atoms with Crippen molar-refractivity contribution in [3.05, 3.63) is 17.0 Å². The molecule has 20 heavy (non-hydrogen) atoms. The third-order valence-corrected chi connectivity index (χ3v) is 3.78. The van der Waals surface area contributed by atoms with Crippen LogP contribution in [0.4, 0.5) is 0 Å². The molecule has 0 spiro atoms. The number of hydrogen-bond donors (Lipinski definition) is 2. The summed E-state index contributed by atoms with van der Waals surface area (Å²) in [5.41, 5.74) is 3.36. The van der Waals surface area contributed by atoms with Crippen LogP contribution in [0.5, 0.6) is 0 Å². The third kappa shape index (κ3) is 3.20. The maximum Gasteiger partial charge on any atom is 0.237 e. The predicted molar refractivity (Wildman–Crippen MR) is 79.4 cm³/mol. The van der Waals surface area contributed by atoms with E-state index in [0.717, 1.165) is 37.3 Å². The molecular weight excluding hydrogens is 252 g/mol. The van der Waals surface area contributed by atoms with Crippen molar-refractivity contribution in [1.82, 2.24) is 20.4 Å². The van der Waals surface area contributed by atoms with Crippen LogP contribution in [-0.2, 0) is 17.8 Å². The zero-order valence-electron chi connectivity index (χ0n) is 13.2. The molecule has 0 saturated heterocycles. The molecule has 0 fully saturated rings. The van der Waals surface area contributed by atoms with Crippen molar-refractivity contribution in [3.8, 4) is 0 Å². The summed E-state index contributed by atoms with van der Waals surface area (Å²) < 4.78 is 0. The first-order valence-corrected chi connectivity index (χ1v) is 7.40. The van der Waals surface area contributed by atoms with Crippen molar-refractivity contribution in [2.45, 2.75) is 65.6 Å². The molecule has 0 aliphatic carbocycles. The lowest BCUT2D eigenvalue weighted by atomic mass is 10.0. The van der Waals surface area contributed by atoms with Crippen molar-refractivity contribution in [3.63, 3.8) is 0 Å². The second-order valence-corrected chi connectivity index (χ2v) is 6.66. The molecule has 2 rings (SSSR count).